The minimum Gasteiger partial charge on any atom is -0.478 e. The molecule has 4 nitrogen and oxygen atoms in total. The van der Waals surface area contributed by atoms with Crippen molar-refractivity contribution in [3.8, 4) is 11.1 Å². The monoisotopic (exact) mass is 270 g/mol. The molecule has 2 N–H and O–H groups in total. The molecule has 0 radical (unpaired) electrons. The summed E-state index contributed by atoms with van der Waals surface area (Å²) in [5, 5.41) is 18.1. The van der Waals surface area contributed by atoms with E-state index >= 15 is 0 Å². The number of carboxylic acid groups (broad SMARTS) is 2. The lowest BCUT2D eigenvalue weighted by Crippen LogP contribution is -2.00. The SMILES string of the molecule is Cc1cc(C(=O)O)cc(-c2ccc(C(=O)O)c(C)c2)c1. The predicted octanol–water partition coefficient (Wildman–Crippen LogP) is 3.37. The molecule has 0 spiro atoms. The summed E-state index contributed by atoms with van der Waals surface area (Å²) in [6.07, 6.45) is 0. The van der Waals surface area contributed by atoms with Crippen molar-refractivity contribution in [2.24, 2.45) is 0 Å². The van der Waals surface area contributed by atoms with Crippen LogP contribution in [0.25, 0.3) is 11.1 Å². The molecule has 0 saturated heterocycles. The second-order valence-corrected chi connectivity index (χ2v) is 4.73. The molecular formula is C16H14O4. The molecule has 0 heterocycles. The van der Waals surface area contributed by atoms with Crippen molar-refractivity contribution in [2.75, 3.05) is 0 Å². The summed E-state index contributed by atoms with van der Waals surface area (Å²) >= 11 is 0. The minimum absolute atomic E-state index is 0.222. The quantitative estimate of drug-likeness (QED) is 0.896. The van der Waals surface area contributed by atoms with Crippen LogP contribution in [-0.2, 0) is 0 Å². The minimum atomic E-state index is -0.978. The average Bonchev–Trinajstić information content (AvgIpc) is 2.37. The molecule has 0 aromatic heterocycles. The summed E-state index contributed by atoms with van der Waals surface area (Å²) in [6, 6.07) is 10.0. The standard InChI is InChI=1S/C16H14O4/c1-9-5-12(8-13(6-9)15(17)18)11-3-4-14(16(19)20)10(2)7-11/h3-8H,1-2H3,(H,17,18)(H,19,20). The lowest BCUT2D eigenvalue weighted by Gasteiger charge is -2.08. The van der Waals surface area contributed by atoms with Crippen LogP contribution >= 0.6 is 0 Å². The van der Waals surface area contributed by atoms with E-state index in [0.29, 0.717) is 5.56 Å². The molecule has 0 aliphatic rings. The second-order valence-electron chi connectivity index (χ2n) is 4.73. The lowest BCUT2D eigenvalue weighted by molar-refractivity contribution is 0.0685. The maximum Gasteiger partial charge on any atom is 0.335 e. The van der Waals surface area contributed by atoms with Crippen molar-refractivity contribution < 1.29 is 19.8 Å². The first kappa shape index (κ1) is 13.8. The molecule has 4 heteroatoms. The van der Waals surface area contributed by atoms with Gasteiger partial charge in [0.15, 0.2) is 0 Å². The van der Waals surface area contributed by atoms with E-state index in [4.69, 9.17) is 10.2 Å². The highest BCUT2D eigenvalue weighted by Crippen LogP contribution is 2.25. The van der Waals surface area contributed by atoms with Gasteiger partial charge in [0.1, 0.15) is 0 Å². The summed E-state index contributed by atoms with van der Waals surface area (Å²) in [5.41, 5.74) is 3.54. The van der Waals surface area contributed by atoms with Crippen molar-refractivity contribution in [1.82, 2.24) is 0 Å². The van der Waals surface area contributed by atoms with Crippen LogP contribution in [0.15, 0.2) is 36.4 Å². The number of hydrogen-bond acceptors (Lipinski definition) is 2. The largest absolute Gasteiger partial charge is 0.478 e. The smallest absolute Gasteiger partial charge is 0.335 e. The molecule has 0 bridgehead atoms. The van der Waals surface area contributed by atoms with E-state index in [9.17, 15) is 9.59 Å². The molecule has 2 rings (SSSR count). The van der Waals surface area contributed by atoms with Crippen molar-refractivity contribution in [1.29, 1.82) is 0 Å². The van der Waals surface area contributed by atoms with Crippen molar-refractivity contribution >= 4 is 11.9 Å². The molecule has 2 aromatic carbocycles. The number of hydrogen-bond donors (Lipinski definition) is 2. The van der Waals surface area contributed by atoms with Crippen LogP contribution < -0.4 is 0 Å². The summed E-state index contributed by atoms with van der Waals surface area (Å²) in [5.74, 6) is -1.95. The maximum atomic E-state index is 11.1. The van der Waals surface area contributed by atoms with Crippen LogP contribution in [0.3, 0.4) is 0 Å². The Balaban J connectivity index is 2.54. The highest BCUT2D eigenvalue weighted by Gasteiger charge is 2.10. The molecule has 20 heavy (non-hydrogen) atoms. The van der Waals surface area contributed by atoms with Gasteiger partial charge in [-0.2, -0.15) is 0 Å². The highest BCUT2D eigenvalue weighted by molar-refractivity contribution is 5.91. The van der Waals surface area contributed by atoms with Gasteiger partial charge in [-0.3, -0.25) is 0 Å². The number of aryl methyl sites for hydroxylation is 2. The van der Waals surface area contributed by atoms with E-state index in [-0.39, 0.29) is 11.1 Å². The van der Waals surface area contributed by atoms with Crippen LogP contribution in [0.2, 0.25) is 0 Å². The predicted molar refractivity (Wildman–Crippen MR) is 75.3 cm³/mol. The van der Waals surface area contributed by atoms with Gasteiger partial charge in [0.05, 0.1) is 11.1 Å². The zero-order valence-electron chi connectivity index (χ0n) is 11.2. The van der Waals surface area contributed by atoms with E-state index in [0.717, 1.165) is 16.7 Å². The van der Waals surface area contributed by atoms with Crippen LogP contribution in [-0.4, -0.2) is 22.2 Å². The third-order valence-corrected chi connectivity index (χ3v) is 3.11. The zero-order chi connectivity index (χ0) is 14.9. The topological polar surface area (TPSA) is 74.6 Å². The number of carbonyl (C=O) groups is 2. The Labute approximate surface area is 116 Å². The van der Waals surface area contributed by atoms with E-state index < -0.39 is 11.9 Å². The van der Waals surface area contributed by atoms with Gasteiger partial charge < -0.3 is 10.2 Å². The molecular weight excluding hydrogens is 256 g/mol. The second kappa shape index (κ2) is 5.17. The van der Waals surface area contributed by atoms with Crippen molar-refractivity contribution in [3.63, 3.8) is 0 Å². The molecule has 0 aliphatic heterocycles. The van der Waals surface area contributed by atoms with Crippen LogP contribution in [0.5, 0.6) is 0 Å². The molecule has 0 unspecified atom stereocenters. The van der Waals surface area contributed by atoms with Gasteiger partial charge in [0.25, 0.3) is 0 Å². The van der Waals surface area contributed by atoms with Crippen molar-refractivity contribution in [2.45, 2.75) is 13.8 Å². The Morgan fingerprint density at radius 1 is 0.850 bits per heavy atom. The Bertz CT molecular complexity index is 702. The number of carboxylic acids is 2. The molecule has 0 aliphatic carbocycles. The van der Waals surface area contributed by atoms with E-state index in [1.807, 2.05) is 13.0 Å². The average molecular weight is 270 g/mol. The lowest BCUT2D eigenvalue weighted by atomic mass is 9.97. The fourth-order valence-electron chi connectivity index (χ4n) is 2.16. The fourth-order valence-corrected chi connectivity index (χ4v) is 2.16. The number of benzene rings is 2. The summed E-state index contributed by atoms with van der Waals surface area (Å²) in [6.45, 7) is 3.55. The van der Waals surface area contributed by atoms with E-state index in [2.05, 4.69) is 0 Å². The van der Waals surface area contributed by atoms with Gasteiger partial charge in [-0.1, -0.05) is 18.2 Å². The Hall–Kier alpha value is -2.62. The molecule has 0 fully saturated rings. The van der Waals surface area contributed by atoms with Gasteiger partial charge in [-0.15, -0.1) is 0 Å². The fraction of sp³-hybridized carbons (Fsp3) is 0.125. The van der Waals surface area contributed by atoms with Crippen LogP contribution in [0, 0.1) is 13.8 Å². The normalized spacial score (nSPS) is 10.3. The first-order chi connectivity index (χ1) is 9.38. The third kappa shape index (κ3) is 2.69. The Morgan fingerprint density at radius 2 is 1.55 bits per heavy atom. The van der Waals surface area contributed by atoms with Crippen LogP contribution in [0.1, 0.15) is 31.8 Å². The first-order valence-electron chi connectivity index (χ1n) is 6.08. The zero-order valence-corrected chi connectivity index (χ0v) is 11.2. The van der Waals surface area contributed by atoms with Gasteiger partial charge in [-0.05, 0) is 54.3 Å². The maximum absolute atomic E-state index is 11.1. The number of rotatable bonds is 3. The molecule has 0 atom stereocenters. The van der Waals surface area contributed by atoms with Crippen LogP contribution in [0.4, 0.5) is 0 Å². The van der Waals surface area contributed by atoms with E-state index in [1.165, 1.54) is 6.07 Å². The van der Waals surface area contributed by atoms with Crippen molar-refractivity contribution in [3.05, 3.63) is 58.7 Å². The molecule has 2 aromatic rings. The van der Waals surface area contributed by atoms with Gasteiger partial charge in [0, 0.05) is 0 Å². The summed E-state index contributed by atoms with van der Waals surface area (Å²) in [7, 11) is 0. The molecule has 0 amide bonds. The van der Waals surface area contributed by atoms with Gasteiger partial charge >= 0.3 is 11.9 Å². The molecule has 0 saturated carbocycles. The molecule has 102 valence electrons. The van der Waals surface area contributed by atoms with Gasteiger partial charge in [-0.25, -0.2) is 9.59 Å². The first-order valence-corrected chi connectivity index (χ1v) is 6.08. The Kier molecular flexibility index (Phi) is 3.57. The Morgan fingerprint density at radius 3 is 2.10 bits per heavy atom. The highest BCUT2D eigenvalue weighted by atomic mass is 16.4. The summed E-state index contributed by atoms with van der Waals surface area (Å²) < 4.78 is 0. The third-order valence-electron chi connectivity index (χ3n) is 3.11. The van der Waals surface area contributed by atoms with E-state index in [1.54, 1.807) is 31.2 Å². The van der Waals surface area contributed by atoms with Gasteiger partial charge in [0.2, 0.25) is 0 Å². The summed E-state index contributed by atoms with van der Waals surface area (Å²) in [4.78, 5) is 22.1. The number of aromatic carboxylic acids is 2.